The maximum absolute atomic E-state index is 11.5. The van der Waals surface area contributed by atoms with Gasteiger partial charge in [0.05, 0.1) is 6.26 Å². The highest BCUT2D eigenvalue weighted by Gasteiger charge is 2.12. The molecule has 4 nitrogen and oxygen atoms in total. The molecule has 0 aliphatic rings. The van der Waals surface area contributed by atoms with Crippen LogP contribution in [0.15, 0.2) is 36.7 Å². The largest absolute Gasteiger partial charge is 0.237 e. The van der Waals surface area contributed by atoms with Crippen molar-refractivity contribution in [3.05, 3.63) is 42.2 Å². The Labute approximate surface area is 94.6 Å². The van der Waals surface area contributed by atoms with Crippen LogP contribution in [0.25, 0.3) is 11.4 Å². The summed E-state index contributed by atoms with van der Waals surface area (Å²) in [6.07, 6.45) is 4.09. The standard InChI is InChI=1S/C11H12N2O2S/c1-9-3-5-10(6-4-9)11-12-7-8-13(11)16(2,14)15/h3-8H,1-2H3. The number of rotatable bonds is 2. The van der Waals surface area contributed by atoms with Crippen LogP contribution in [0.1, 0.15) is 5.56 Å². The Morgan fingerprint density at radius 3 is 2.38 bits per heavy atom. The minimum Gasteiger partial charge on any atom is -0.236 e. The highest BCUT2D eigenvalue weighted by Crippen LogP contribution is 2.18. The highest BCUT2D eigenvalue weighted by molar-refractivity contribution is 7.89. The van der Waals surface area contributed by atoms with Gasteiger partial charge in [-0.3, -0.25) is 0 Å². The summed E-state index contributed by atoms with van der Waals surface area (Å²) in [4.78, 5) is 4.07. The Morgan fingerprint density at radius 2 is 1.81 bits per heavy atom. The van der Waals surface area contributed by atoms with Crippen LogP contribution in [0.3, 0.4) is 0 Å². The molecule has 0 bridgehead atoms. The third kappa shape index (κ3) is 1.99. The molecule has 16 heavy (non-hydrogen) atoms. The Balaban J connectivity index is 2.58. The summed E-state index contributed by atoms with van der Waals surface area (Å²) in [6.45, 7) is 1.98. The fraction of sp³-hybridized carbons (Fsp3) is 0.182. The van der Waals surface area contributed by atoms with E-state index in [1.54, 1.807) is 0 Å². The Bertz CT molecular complexity index is 597. The van der Waals surface area contributed by atoms with Gasteiger partial charge in [0.1, 0.15) is 0 Å². The molecule has 0 atom stereocenters. The zero-order chi connectivity index (χ0) is 11.8. The lowest BCUT2D eigenvalue weighted by Gasteiger charge is -2.05. The Kier molecular flexibility index (Phi) is 2.55. The summed E-state index contributed by atoms with van der Waals surface area (Å²) < 4.78 is 24.1. The maximum Gasteiger partial charge on any atom is 0.237 e. The monoisotopic (exact) mass is 236 g/mol. The molecule has 2 rings (SSSR count). The minimum absolute atomic E-state index is 0.447. The van der Waals surface area contributed by atoms with Crippen molar-refractivity contribution in [1.29, 1.82) is 0 Å². The molecular formula is C11H12N2O2S. The summed E-state index contributed by atoms with van der Waals surface area (Å²) in [7, 11) is -3.29. The lowest BCUT2D eigenvalue weighted by atomic mass is 10.1. The predicted octanol–water partition coefficient (Wildman–Crippen LogP) is 1.67. The number of hydrogen-bond acceptors (Lipinski definition) is 3. The molecule has 2 aromatic rings. The number of benzene rings is 1. The van der Waals surface area contributed by atoms with Gasteiger partial charge in [0.2, 0.25) is 10.0 Å². The number of aromatic nitrogens is 2. The van der Waals surface area contributed by atoms with Gasteiger partial charge < -0.3 is 0 Å². The van der Waals surface area contributed by atoms with E-state index in [4.69, 9.17) is 0 Å². The smallest absolute Gasteiger partial charge is 0.236 e. The number of imidazole rings is 1. The molecule has 0 fully saturated rings. The Morgan fingerprint density at radius 1 is 1.19 bits per heavy atom. The molecule has 1 aromatic carbocycles. The Hall–Kier alpha value is -1.62. The van der Waals surface area contributed by atoms with Gasteiger partial charge in [-0.2, -0.15) is 0 Å². The van der Waals surface area contributed by atoms with Crippen molar-refractivity contribution in [2.24, 2.45) is 0 Å². The first-order valence-electron chi connectivity index (χ1n) is 4.79. The van der Waals surface area contributed by atoms with Crippen LogP contribution >= 0.6 is 0 Å². The zero-order valence-corrected chi connectivity index (χ0v) is 9.90. The summed E-state index contributed by atoms with van der Waals surface area (Å²) in [5.41, 5.74) is 1.92. The van der Waals surface area contributed by atoms with Gasteiger partial charge in [-0.1, -0.05) is 29.8 Å². The van der Waals surface area contributed by atoms with Gasteiger partial charge in [-0.25, -0.2) is 17.4 Å². The first-order chi connectivity index (χ1) is 7.48. The van der Waals surface area contributed by atoms with E-state index in [0.717, 1.165) is 17.4 Å². The molecule has 0 amide bonds. The molecule has 0 aliphatic carbocycles. The first kappa shape index (κ1) is 10.9. The SMILES string of the molecule is Cc1ccc(-c2nccn2S(C)(=O)=O)cc1. The second-order valence-corrected chi connectivity index (χ2v) is 5.54. The summed E-state index contributed by atoms with van der Waals surface area (Å²) in [5.74, 6) is 0.447. The molecule has 0 saturated heterocycles. The van der Waals surface area contributed by atoms with Crippen LogP contribution in [0.2, 0.25) is 0 Å². The number of nitrogens with zero attached hydrogens (tertiary/aromatic N) is 2. The molecule has 1 heterocycles. The zero-order valence-electron chi connectivity index (χ0n) is 9.08. The quantitative estimate of drug-likeness (QED) is 0.797. The minimum atomic E-state index is -3.29. The third-order valence-electron chi connectivity index (χ3n) is 2.27. The first-order valence-corrected chi connectivity index (χ1v) is 6.64. The van der Waals surface area contributed by atoms with Crippen molar-refractivity contribution in [3.8, 4) is 11.4 Å². The van der Waals surface area contributed by atoms with E-state index in [-0.39, 0.29) is 0 Å². The highest BCUT2D eigenvalue weighted by atomic mass is 32.2. The second-order valence-electron chi connectivity index (χ2n) is 3.68. The number of hydrogen-bond donors (Lipinski definition) is 0. The molecule has 0 unspecified atom stereocenters. The van der Waals surface area contributed by atoms with E-state index in [1.165, 1.54) is 16.4 Å². The normalized spacial score (nSPS) is 11.6. The van der Waals surface area contributed by atoms with Crippen molar-refractivity contribution in [1.82, 2.24) is 8.96 Å². The van der Waals surface area contributed by atoms with Crippen LogP contribution in [0.5, 0.6) is 0 Å². The molecular weight excluding hydrogens is 224 g/mol. The maximum atomic E-state index is 11.5. The molecule has 1 aromatic heterocycles. The van der Waals surface area contributed by atoms with Crippen LogP contribution in [-0.4, -0.2) is 23.6 Å². The summed E-state index contributed by atoms with van der Waals surface area (Å²) >= 11 is 0. The van der Waals surface area contributed by atoms with Crippen LogP contribution in [-0.2, 0) is 10.0 Å². The van der Waals surface area contributed by atoms with Gasteiger partial charge in [-0.15, -0.1) is 0 Å². The number of aryl methyl sites for hydroxylation is 1. The van der Waals surface area contributed by atoms with E-state index in [9.17, 15) is 8.42 Å². The fourth-order valence-corrected chi connectivity index (χ4v) is 2.21. The average molecular weight is 236 g/mol. The molecule has 84 valence electrons. The van der Waals surface area contributed by atoms with Gasteiger partial charge >= 0.3 is 0 Å². The molecule has 0 saturated carbocycles. The van der Waals surface area contributed by atoms with Crippen LogP contribution < -0.4 is 0 Å². The van der Waals surface area contributed by atoms with E-state index >= 15 is 0 Å². The van der Waals surface area contributed by atoms with Crippen molar-refractivity contribution in [3.63, 3.8) is 0 Å². The second kappa shape index (κ2) is 3.75. The molecule has 5 heteroatoms. The molecule has 0 spiro atoms. The van der Waals surface area contributed by atoms with Gasteiger partial charge in [0.25, 0.3) is 0 Å². The third-order valence-corrected chi connectivity index (χ3v) is 3.28. The van der Waals surface area contributed by atoms with E-state index in [1.807, 2.05) is 31.2 Å². The molecule has 0 radical (unpaired) electrons. The van der Waals surface area contributed by atoms with Crippen molar-refractivity contribution in [2.75, 3.05) is 6.26 Å². The van der Waals surface area contributed by atoms with E-state index < -0.39 is 10.0 Å². The van der Waals surface area contributed by atoms with Gasteiger partial charge in [0, 0.05) is 18.0 Å². The molecule has 0 N–H and O–H groups in total. The lowest BCUT2D eigenvalue weighted by molar-refractivity contribution is 0.594. The van der Waals surface area contributed by atoms with Gasteiger partial charge in [0.15, 0.2) is 5.82 Å². The van der Waals surface area contributed by atoms with Crippen molar-refractivity contribution < 1.29 is 8.42 Å². The van der Waals surface area contributed by atoms with Crippen molar-refractivity contribution in [2.45, 2.75) is 6.92 Å². The van der Waals surface area contributed by atoms with Gasteiger partial charge in [-0.05, 0) is 6.92 Å². The topological polar surface area (TPSA) is 52.0 Å². The van der Waals surface area contributed by atoms with Crippen LogP contribution in [0, 0.1) is 6.92 Å². The van der Waals surface area contributed by atoms with Crippen molar-refractivity contribution >= 4 is 10.0 Å². The van der Waals surface area contributed by atoms with E-state index in [0.29, 0.717) is 5.82 Å². The van der Waals surface area contributed by atoms with Crippen LogP contribution in [0.4, 0.5) is 0 Å². The lowest BCUT2D eigenvalue weighted by Crippen LogP contribution is -2.10. The predicted molar refractivity (Wildman–Crippen MR) is 62.6 cm³/mol. The summed E-state index contributed by atoms with van der Waals surface area (Å²) in [5, 5.41) is 0. The fourth-order valence-electron chi connectivity index (χ4n) is 1.46. The van der Waals surface area contributed by atoms with E-state index in [2.05, 4.69) is 4.98 Å². The molecule has 0 aliphatic heterocycles. The summed E-state index contributed by atoms with van der Waals surface area (Å²) in [6, 6.07) is 7.58. The average Bonchev–Trinajstić information content (AvgIpc) is 2.66.